The van der Waals surface area contributed by atoms with Gasteiger partial charge in [0.1, 0.15) is 12.1 Å². The molecular weight excluding hydrogens is 362 g/mol. The van der Waals surface area contributed by atoms with Crippen LogP contribution in [0.1, 0.15) is 5.89 Å². The molecule has 2 aromatic carbocycles. The molecule has 0 saturated carbocycles. The number of fused-ring (bicyclic) bond motifs is 2. The van der Waals surface area contributed by atoms with Crippen LogP contribution >= 0.6 is 0 Å². The average molecular weight is 377 g/mol. The number of hydrogen-bond acceptors (Lipinski definition) is 6. The fourth-order valence-electron chi connectivity index (χ4n) is 2.82. The Morgan fingerprint density at radius 1 is 1.18 bits per heavy atom. The molecule has 0 radical (unpaired) electrons. The normalized spacial score (nSPS) is 13.4. The number of anilines is 2. The van der Waals surface area contributed by atoms with E-state index < -0.39 is 18.5 Å². The predicted molar refractivity (Wildman–Crippen MR) is 101 cm³/mol. The van der Waals surface area contributed by atoms with Crippen molar-refractivity contribution < 1.29 is 23.5 Å². The third-order valence-electron chi connectivity index (χ3n) is 4.08. The average Bonchev–Trinajstić information content (AvgIpc) is 3.12. The second kappa shape index (κ2) is 7.36. The zero-order valence-corrected chi connectivity index (χ0v) is 14.6. The van der Waals surface area contributed by atoms with Gasteiger partial charge >= 0.3 is 5.97 Å². The molecular formula is C20H15N3O5. The summed E-state index contributed by atoms with van der Waals surface area (Å²) >= 11 is 0. The zero-order chi connectivity index (χ0) is 19.5. The van der Waals surface area contributed by atoms with Crippen LogP contribution in [0.25, 0.3) is 17.2 Å². The largest absolute Gasteiger partial charge is 0.452 e. The number of carbonyl (C=O) groups excluding carboxylic acids is 3. The first-order valence-electron chi connectivity index (χ1n) is 8.50. The quantitative estimate of drug-likeness (QED) is 0.553. The second-order valence-electron chi connectivity index (χ2n) is 6.01. The molecule has 0 atom stereocenters. The summed E-state index contributed by atoms with van der Waals surface area (Å²) in [5, 5.41) is 2.69. The zero-order valence-electron chi connectivity index (χ0n) is 14.6. The standard InChI is InChI=1S/C20H15N3O5/c24-17-11-23(15-7-3-1-5-13(15)21-17)19(25)12-27-20(26)10-9-18-22-14-6-2-4-8-16(14)28-18/h1-10H,11-12H2,(H,21,24)/b10-9+. The molecule has 0 bridgehead atoms. The summed E-state index contributed by atoms with van der Waals surface area (Å²) in [5.74, 6) is -1.27. The third kappa shape index (κ3) is 3.61. The number of carbonyl (C=O) groups is 3. The lowest BCUT2D eigenvalue weighted by atomic mass is 10.2. The van der Waals surface area contributed by atoms with Crippen molar-refractivity contribution in [1.82, 2.24) is 4.98 Å². The van der Waals surface area contributed by atoms with Gasteiger partial charge in [-0.1, -0.05) is 24.3 Å². The van der Waals surface area contributed by atoms with Crippen LogP contribution in [0.3, 0.4) is 0 Å². The van der Waals surface area contributed by atoms with E-state index in [1.807, 2.05) is 12.1 Å². The van der Waals surface area contributed by atoms with Crippen LogP contribution in [0.15, 0.2) is 59.0 Å². The molecule has 1 N–H and O–H groups in total. The Morgan fingerprint density at radius 3 is 2.82 bits per heavy atom. The van der Waals surface area contributed by atoms with Gasteiger partial charge in [-0.25, -0.2) is 9.78 Å². The minimum Gasteiger partial charge on any atom is -0.452 e. The number of oxazole rings is 1. The van der Waals surface area contributed by atoms with E-state index in [1.54, 1.807) is 36.4 Å². The lowest BCUT2D eigenvalue weighted by Gasteiger charge is -2.28. The molecule has 0 aliphatic carbocycles. The first kappa shape index (κ1) is 17.5. The van der Waals surface area contributed by atoms with E-state index in [2.05, 4.69) is 10.3 Å². The number of aromatic nitrogens is 1. The fraction of sp³-hybridized carbons (Fsp3) is 0.100. The Morgan fingerprint density at radius 2 is 1.96 bits per heavy atom. The van der Waals surface area contributed by atoms with Gasteiger partial charge in [0.05, 0.1) is 11.4 Å². The lowest BCUT2D eigenvalue weighted by Crippen LogP contribution is -2.43. The summed E-state index contributed by atoms with van der Waals surface area (Å²) in [6.07, 6.45) is 2.51. The molecule has 140 valence electrons. The highest BCUT2D eigenvalue weighted by Gasteiger charge is 2.27. The van der Waals surface area contributed by atoms with E-state index in [0.717, 1.165) is 6.08 Å². The van der Waals surface area contributed by atoms with Crippen molar-refractivity contribution >= 4 is 46.3 Å². The highest BCUT2D eigenvalue weighted by molar-refractivity contribution is 6.10. The summed E-state index contributed by atoms with van der Waals surface area (Å²) in [6, 6.07) is 14.1. The van der Waals surface area contributed by atoms with Crippen molar-refractivity contribution in [2.75, 3.05) is 23.4 Å². The van der Waals surface area contributed by atoms with Gasteiger partial charge in [0.2, 0.25) is 11.8 Å². The number of benzene rings is 2. The van der Waals surface area contributed by atoms with E-state index in [0.29, 0.717) is 22.5 Å². The van der Waals surface area contributed by atoms with Crippen molar-refractivity contribution in [2.45, 2.75) is 0 Å². The molecule has 0 saturated heterocycles. The van der Waals surface area contributed by atoms with Crippen molar-refractivity contribution in [3.63, 3.8) is 0 Å². The van der Waals surface area contributed by atoms with Crippen LogP contribution in [-0.4, -0.2) is 35.9 Å². The van der Waals surface area contributed by atoms with Crippen LogP contribution in [0.4, 0.5) is 11.4 Å². The van der Waals surface area contributed by atoms with Crippen molar-refractivity contribution in [3.8, 4) is 0 Å². The number of nitrogens with zero attached hydrogens (tertiary/aromatic N) is 2. The Balaban J connectivity index is 1.38. The molecule has 0 unspecified atom stereocenters. The van der Waals surface area contributed by atoms with Gasteiger partial charge in [-0.05, 0) is 24.3 Å². The number of amides is 2. The summed E-state index contributed by atoms with van der Waals surface area (Å²) < 4.78 is 10.4. The lowest BCUT2D eigenvalue weighted by molar-refractivity contribution is -0.143. The van der Waals surface area contributed by atoms with E-state index >= 15 is 0 Å². The van der Waals surface area contributed by atoms with Crippen LogP contribution in [-0.2, 0) is 19.1 Å². The Kier molecular flexibility index (Phi) is 4.59. The van der Waals surface area contributed by atoms with Crippen LogP contribution in [0.5, 0.6) is 0 Å². The van der Waals surface area contributed by atoms with Crippen LogP contribution in [0.2, 0.25) is 0 Å². The van der Waals surface area contributed by atoms with Crippen LogP contribution < -0.4 is 10.2 Å². The van der Waals surface area contributed by atoms with E-state index in [4.69, 9.17) is 9.15 Å². The van der Waals surface area contributed by atoms with Gasteiger partial charge < -0.3 is 14.5 Å². The predicted octanol–water partition coefficient (Wildman–Crippen LogP) is 2.37. The first-order valence-corrected chi connectivity index (χ1v) is 8.50. The van der Waals surface area contributed by atoms with Crippen molar-refractivity contribution in [2.24, 2.45) is 0 Å². The Hall–Kier alpha value is -3.94. The minimum absolute atomic E-state index is 0.133. The maximum Gasteiger partial charge on any atom is 0.331 e. The van der Waals surface area contributed by atoms with Crippen LogP contribution in [0, 0.1) is 0 Å². The highest BCUT2D eigenvalue weighted by Crippen LogP contribution is 2.28. The maximum atomic E-state index is 12.4. The molecule has 0 spiro atoms. The monoisotopic (exact) mass is 377 g/mol. The van der Waals surface area contributed by atoms with Gasteiger partial charge in [-0.3, -0.25) is 14.5 Å². The molecule has 8 nitrogen and oxygen atoms in total. The molecule has 0 fully saturated rings. The SMILES string of the molecule is O=C1CN(C(=O)COC(=O)/C=C/c2nc3ccccc3o2)c2ccccc2N1. The second-order valence-corrected chi connectivity index (χ2v) is 6.01. The van der Waals surface area contributed by atoms with Gasteiger partial charge in [0.15, 0.2) is 12.2 Å². The number of nitrogens with one attached hydrogen (secondary N) is 1. The molecule has 2 amide bonds. The van der Waals surface area contributed by atoms with Crippen molar-refractivity contribution in [1.29, 1.82) is 0 Å². The summed E-state index contributed by atoms with van der Waals surface area (Å²) in [7, 11) is 0. The third-order valence-corrected chi connectivity index (χ3v) is 4.08. The molecule has 2 heterocycles. The van der Waals surface area contributed by atoms with Crippen molar-refractivity contribution in [3.05, 3.63) is 60.5 Å². The smallest absolute Gasteiger partial charge is 0.331 e. The number of para-hydroxylation sites is 4. The number of esters is 1. The molecule has 3 aromatic rings. The number of ether oxygens (including phenoxy) is 1. The Bertz CT molecular complexity index is 1070. The van der Waals surface area contributed by atoms with Gasteiger partial charge in [-0.15, -0.1) is 0 Å². The molecule has 4 rings (SSSR count). The Labute approximate surface area is 159 Å². The summed E-state index contributed by atoms with van der Waals surface area (Å²) in [4.78, 5) is 41.6. The number of rotatable bonds is 4. The highest BCUT2D eigenvalue weighted by atomic mass is 16.5. The molecule has 1 aliphatic heterocycles. The molecule has 8 heteroatoms. The molecule has 1 aliphatic rings. The van der Waals surface area contributed by atoms with E-state index in [9.17, 15) is 14.4 Å². The maximum absolute atomic E-state index is 12.4. The minimum atomic E-state index is -0.717. The summed E-state index contributed by atoms with van der Waals surface area (Å²) in [6.45, 7) is -0.621. The van der Waals surface area contributed by atoms with E-state index in [1.165, 1.54) is 11.0 Å². The topological polar surface area (TPSA) is 102 Å². The van der Waals surface area contributed by atoms with Gasteiger partial charge in [0, 0.05) is 12.2 Å². The summed E-state index contributed by atoms with van der Waals surface area (Å²) in [5.41, 5.74) is 2.37. The fourth-order valence-corrected chi connectivity index (χ4v) is 2.82. The first-order chi connectivity index (χ1) is 13.6. The number of hydrogen-bond donors (Lipinski definition) is 1. The van der Waals surface area contributed by atoms with Gasteiger partial charge in [-0.2, -0.15) is 0 Å². The molecule has 28 heavy (non-hydrogen) atoms. The van der Waals surface area contributed by atoms with E-state index in [-0.39, 0.29) is 18.3 Å². The van der Waals surface area contributed by atoms with Gasteiger partial charge in [0.25, 0.3) is 5.91 Å². The molecule has 1 aromatic heterocycles.